The van der Waals surface area contributed by atoms with Gasteiger partial charge in [0.05, 0.1) is 25.4 Å². The van der Waals surface area contributed by atoms with E-state index in [1.165, 1.54) is 0 Å². The molecule has 0 atom stereocenters. The molecule has 0 spiro atoms. The molecule has 114 valence electrons. The summed E-state index contributed by atoms with van der Waals surface area (Å²) in [6.45, 7) is 4.15. The number of aromatic nitrogens is 2. The predicted octanol–water partition coefficient (Wildman–Crippen LogP) is 3.46. The minimum Gasteiger partial charge on any atom is -0.493 e. The maximum atomic E-state index is 6.53. The number of benzene rings is 1. The quantitative estimate of drug-likeness (QED) is 0.939. The van der Waals surface area contributed by atoms with E-state index in [1.54, 1.807) is 32.1 Å². The van der Waals surface area contributed by atoms with Gasteiger partial charge in [0.1, 0.15) is 5.82 Å². The minimum atomic E-state index is 0.201. The van der Waals surface area contributed by atoms with Gasteiger partial charge in [0.2, 0.25) is 0 Å². The van der Waals surface area contributed by atoms with Gasteiger partial charge in [-0.25, -0.2) is 0 Å². The number of anilines is 1. The first-order valence-corrected chi connectivity index (χ1v) is 7.02. The molecule has 0 bridgehead atoms. The molecule has 0 unspecified atom stereocenters. The topological polar surface area (TPSA) is 62.3 Å². The maximum Gasteiger partial charge on any atom is 0.179 e. The Balaban J connectivity index is 2.81. The molecule has 0 fully saturated rings. The van der Waals surface area contributed by atoms with Crippen LogP contribution < -0.4 is 15.2 Å². The molecule has 0 amide bonds. The van der Waals surface area contributed by atoms with Crippen LogP contribution in [0.5, 0.6) is 11.5 Å². The Hall–Kier alpha value is -1.88. The fourth-order valence-corrected chi connectivity index (χ4v) is 2.90. The predicted molar refractivity (Wildman–Crippen MR) is 85.3 cm³/mol. The summed E-state index contributed by atoms with van der Waals surface area (Å²) < 4.78 is 12.4. The second kappa shape index (κ2) is 5.85. The molecule has 6 heteroatoms. The first-order valence-electron chi connectivity index (χ1n) is 6.64. The number of nitrogens with two attached hydrogens (primary N) is 1. The van der Waals surface area contributed by atoms with E-state index in [0.29, 0.717) is 22.3 Å². The molecule has 0 aliphatic rings. The highest BCUT2D eigenvalue weighted by atomic mass is 35.5. The van der Waals surface area contributed by atoms with E-state index in [2.05, 4.69) is 18.9 Å². The molecule has 21 heavy (non-hydrogen) atoms. The van der Waals surface area contributed by atoms with Crippen LogP contribution in [0, 0.1) is 0 Å². The van der Waals surface area contributed by atoms with Crippen molar-refractivity contribution in [1.82, 2.24) is 9.78 Å². The van der Waals surface area contributed by atoms with Crippen molar-refractivity contribution in [2.24, 2.45) is 7.05 Å². The molecule has 2 N–H and O–H groups in total. The molecule has 0 aliphatic carbocycles. The molecule has 0 radical (unpaired) electrons. The highest BCUT2D eigenvalue weighted by molar-refractivity contribution is 6.33. The lowest BCUT2D eigenvalue weighted by molar-refractivity contribution is 0.354. The van der Waals surface area contributed by atoms with Gasteiger partial charge < -0.3 is 15.2 Å². The van der Waals surface area contributed by atoms with Crippen LogP contribution in [-0.2, 0) is 7.05 Å². The first-order chi connectivity index (χ1) is 9.92. The summed E-state index contributed by atoms with van der Waals surface area (Å²) in [5.41, 5.74) is 8.82. The molecule has 1 aromatic heterocycles. The fourth-order valence-electron chi connectivity index (χ4n) is 2.41. The average Bonchev–Trinajstić information content (AvgIpc) is 2.77. The maximum absolute atomic E-state index is 6.53. The second-order valence-electron chi connectivity index (χ2n) is 5.11. The SMILES string of the molecule is COc1cc(-c2cnn(C)c2N)c(C(C)C)c(Cl)c1OC. The van der Waals surface area contributed by atoms with Gasteiger partial charge in [-0.2, -0.15) is 5.10 Å². The minimum absolute atomic E-state index is 0.201. The smallest absolute Gasteiger partial charge is 0.179 e. The lowest BCUT2D eigenvalue weighted by Crippen LogP contribution is -2.02. The van der Waals surface area contributed by atoms with Crippen LogP contribution in [0.25, 0.3) is 11.1 Å². The van der Waals surface area contributed by atoms with E-state index in [-0.39, 0.29) is 5.92 Å². The van der Waals surface area contributed by atoms with Crippen LogP contribution in [0.2, 0.25) is 5.02 Å². The van der Waals surface area contributed by atoms with Crippen LogP contribution in [0.4, 0.5) is 5.82 Å². The van der Waals surface area contributed by atoms with Crippen molar-refractivity contribution in [2.45, 2.75) is 19.8 Å². The van der Waals surface area contributed by atoms with Crippen LogP contribution in [0.3, 0.4) is 0 Å². The number of ether oxygens (including phenoxy) is 2. The van der Waals surface area contributed by atoms with Crippen molar-refractivity contribution in [2.75, 3.05) is 20.0 Å². The highest BCUT2D eigenvalue weighted by Crippen LogP contribution is 2.46. The number of nitrogen functional groups attached to an aromatic ring is 1. The third-order valence-electron chi connectivity index (χ3n) is 3.50. The molecular formula is C15H20ClN3O2. The number of halogens is 1. The van der Waals surface area contributed by atoms with Crippen molar-refractivity contribution in [1.29, 1.82) is 0 Å². The summed E-state index contributed by atoms with van der Waals surface area (Å²) in [5.74, 6) is 1.89. The summed E-state index contributed by atoms with van der Waals surface area (Å²) >= 11 is 6.53. The zero-order chi connectivity index (χ0) is 15.7. The van der Waals surface area contributed by atoms with Crippen molar-refractivity contribution in [3.8, 4) is 22.6 Å². The Labute approximate surface area is 129 Å². The Kier molecular flexibility index (Phi) is 4.32. The van der Waals surface area contributed by atoms with E-state index in [0.717, 1.165) is 16.7 Å². The number of aryl methyl sites for hydroxylation is 1. The Bertz CT molecular complexity index is 665. The Morgan fingerprint density at radius 2 is 1.90 bits per heavy atom. The zero-order valence-electron chi connectivity index (χ0n) is 12.9. The van der Waals surface area contributed by atoms with Gasteiger partial charge in [-0.05, 0) is 23.1 Å². The number of nitrogens with zero attached hydrogens (tertiary/aromatic N) is 2. The van der Waals surface area contributed by atoms with E-state index < -0.39 is 0 Å². The summed E-state index contributed by atoms with van der Waals surface area (Å²) in [4.78, 5) is 0. The van der Waals surface area contributed by atoms with Crippen LogP contribution >= 0.6 is 11.6 Å². The fraction of sp³-hybridized carbons (Fsp3) is 0.400. The van der Waals surface area contributed by atoms with Crippen LogP contribution in [0.15, 0.2) is 12.3 Å². The largest absolute Gasteiger partial charge is 0.493 e. The lowest BCUT2D eigenvalue weighted by atomic mass is 9.92. The molecule has 0 saturated carbocycles. The van der Waals surface area contributed by atoms with Gasteiger partial charge in [-0.3, -0.25) is 4.68 Å². The summed E-state index contributed by atoms with van der Waals surface area (Å²) in [6.07, 6.45) is 1.73. The van der Waals surface area contributed by atoms with E-state index in [1.807, 2.05) is 6.07 Å². The van der Waals surface area contributed by atoms with Gasteiger partial charge in [0, 0.05) is 12.6 Å². The Morgan fingerprint density at radius 3 is 2.33 bits per heavy atom. The van der Waals surface area contributed by atoms with E-state index in [4.69, 9.17) is 26.8 Å². The molecule has 1 heterocycles. The van der Waals surface area contributed by atoms with Gasteiger partial charge in [0.25, 0.3) is 0 Å². The summed E-state index contributed by atoms with van der Waals surface area (Å²) in [7, 11) is 4.96. The molecule has 5 nitrogen and oxygen atoms in total. The molecule has 1 aromatic carbocycles. The van der Waals surface area contributed by atoms with Crippen molar-refractivity contribution in [3.63, 3.8) is 0 Å². The molecule has 2 rings (SSSR count). The molecule has 2 aromatic rings. The van der Waals surface area contributed by atoms with Crippen LogP contribution in [0.1, 0.15) is 25.3 Å². The van der Waals surface area contributed by atoms with Gasteiger partial charge in [-0.1, -0.05) is 25.4 Å². The lowest BCUT2D eigenvalue weighted by Gasteiger charge is -2.19. The molecule has 0 aliphatic heterocycles. The Morgan fingerprint density at radius 1 is 1.24 bits per heavy atom. The van der Waals surface area contributed by atoms with E-state index in [9.17, 15) is 0 Å². The third kappa shape index (κ3) is 2.53. The van der Waals surface area contributed by atoms with Crippen molar-refractivity contribution < 1.29 is 9.47 Å². The normalized spacial score (nSPS) is 11.0. The highest BCUT2D eigenvalue weighted by Gasteiger charge is 2.23. The van der Waals surface area contributed by atoms with Gasteiger partial charge in [-0.15, -0.1) is 0 Å². The number of methoxy groups -OCH3 is 2. The number of rotatable bonds is 4. The van der Waals surface area contributed by atoms with Crippen LogP contribution in [-0.4, -0.2) is 24.0 Å². The summed E-state index contributed by atoms with van der Waals surface area (Å²) in [6, 6.07) is 1.90. The number of hydrogen-bond donors (Lipinski definition) is 1. The summed E-state index contributed by atoms with van der Waals surface area (Å²) in [5, 5.41) is 4.74. The molecular weight excluding hydrogens is 290 g/mol. The standard InChI is InChI=1S/C15H20ClN3O2/c1-8(2)12-9(10-7-18-19(3)15(10)17)6-11(20-4)14(21-5)13(12)16/h6-8H,17H2,1-5H3. The molecule has 0 saturated heterocycles. The average molecular weight is 310 g/mol. The third-order valence-corrected chi connectivity index (χ3v) is 3.88. The zero-order valence-corrected chi connectivity index (χ0v) is 13.7. The van der Waals surface area contributed by atoms with Gasteiger partial charge >= 0.3 is 0 Å². The van der Waals surface area contributed by atoms with E-state index >= 15 is 0 Å². The van der Waals surface area contributed by atoms with Crippen molar-refractivity contribution in [3.05, 3.63) is 22.8 Å². The first kappa shape index (κ1) is 15.5. The van der Waals surface area contributed by atoms with Gasteiger partial charge in [0.15, 0.2) is 11.5 Å². The second-order valence-corrected chi connectivity index (χ2v) is 5.49. The number of hydrogen-bond acceptors (Lipinski definition) is 4. The van der Waals surface area contributed by atoms with Crippen molar-refractivity contribution >= 4 is 17.4 Å². The monoisotopic (exact) mass is 309 g/mol.